The first kappa shape index (κ1) is 19.6. The van der Waals surface area contributed by atoms with E-state index in [2.05, 4.69) is 48.6 Å². The van der Waals surface area contributed by atoms with Gasteiger partial charge < -0.3 is 10.2 Å². The highest BCUT2D eigenvalue weighted by atomic mass is 16.4. The fourth-order valence-electron chi connectivity index (χ4n) is 4.16. The zero-order valence-electron chi connectivity index (χ0n) is 16.5. The molecule has 5 rings (SSSR count). The Labute approximate surface area is 174 Å². The van der Waals surface area contributed by atoms with Crippen LogP contribution in [0.4, 0.5) is 0 Å². The Bertz CT molecular complexity index is 1220. The summed E-state index contributed by atoms with van der Waals surface area (Å²) in [5.41, 5.74) is 5.47. The Morgan fingerprint density at radius 1 is 0.667 bits per heavy atom. The molecule has 2 N–H and O–H groups in total. The lowest BCUT2D eigenvalue weighted by Crippen LogP contribution is -2.33. The molecule has 3 aromatic carbocycles. The number of aryl methyl sites for hydroxylation is 1. The topological polar surface area (TPSA) is 74.6 Å². The fraction of sp³-hybridized carbons (Fsp3) is 0.154. The van der Waals surface area contributed by atoms with E-state index >= 15 is 0 Å². The Balaban J connectivity index is 0.000000159. The monoisotopic (exact) mass is 398 g/mol. The molecule has 2 aliphatic carbocycles. The minimum Gasteiger partial charge on any atom is -0.478 e. The summed E-state index contributed by atoms with van der Waals surface area (Å²) in [5, 5.41) is 20.1. The quantitative estimate of drug-likeness (QED) is 0.687. The minimum absolute atomic E-state index is 0.190. The third-order valence-electron chi connectivity index (χ3n) is 5.60. The highest BCUT2D eigenvalue weighted by Gasteiger charge is 2.14. The summed E-state index contributed by atoms with van der Waals surface area (Å²) in [7, 11) is 0. The first-order valence-corrected chi connectivity index (χ1v) is 10.0. The molecule has 0 amide bonds. The van der Waals surface area contributed by atoms with Gasteiger partial charge in [-0.15, -0.1) is 0 Å². The van der Waals surface area contributed by atoms with Gasteiger partial charge in [0.15, 0.2) is 0 Å². The largest absolute Gasteiger partial charge is 0.478 e. The Kier molecular flexibility index (Phi) is 5.48. The normalized spacial score (nSPS) is 13.2. The highest BCUT2D eigenvalue weighted by Crippen LogP contribution is 2.24. The maximum Gasteiger partial charge on any atom is 0.336 e. The summed E-state index contributed by atoms with van der Waals surface area (Å²) in [4.78, 5) is 20.9. The van der Waals surface area contributed by atoms with E-state index in [0.717, 1.165) is 6.42 Å². The smallest absolute Gasteiger partial charge is 0.336 e. The number of benzene rings is 3. The number of hydrogen-bond donors (Lipinski definition) is 2. The molecule has 3 aromatic rings. The lowest BCUT2D eigenvalue weighted by Gasteiger charge is -2.17. The lowest BCUT2D eigenvalue weighted by molar-refractivity contribution is 0.0651. The van der Waals surface area contributed by atoms with Crippen LogP contribution in [-0.2, 0) is 12.8 Å². The van der Waals surface area contributed by atoms with Gasteiger partial charge in [0, 0.05) is 0 Å². The van der Waals surface area contributed by atoms with Crippen molar-refractivity contribution in [3.8, 4) is 11.1 Å². The van der Waals surface area contributed by atoms with Crippen LogP contribution in [0.2, 0.25) is 0 Å². The minimum atomic E-state index is -1.23. The van der Waals surface area contributed by atoms with Crippen LogP contribution in [0, 0.1) is 0 Å². The molecule has 4 nitrogen and oxygen atoms in total. The number of carboxylic acids is 2. The van der Waals surface area contributed by atoms with Gasteiger partial charge in [-0.1, -0.05) is 60.7 Å². The Hall–Kier alpha value is -3.66. The van der Waals surface area contributed by atoms with Crippen molar-refractivity contribution in [2.45, 2.75) is 25.7 Å². The molecular formula is C26H22O4. The van der Waals surface area contributed by atoms with Gasteiger partial charge in [-0.3, -0.25) is 0 Å². The van der Waals surface area contributed by atoms with Crippen LogP contribution < -0.4 is 10.4 Å². The van der Waals surface area contributed by atoms with Crippen molar-refractivity contribution in [2.24, 2.45) is 0 Å². The molecule has 0 heterocycles. The van der Waals surface area contributed by atoms with E-state index in [1.807, 2.05) is 0 Å². The molecular weight excluding hydrogens is 376 g/mol. The first-order chi connectivity index (χ1) is 14.6. The van der Waals surface area contributed by atoms with Gasteiger partial charge in [-0.05, 0) is 70.5 Å². The van der Waals surface area contributed by atoms with Crippen LogP contribution in [-0.4, -0.2) is 22.2 Å². The van der Waals surface area contributed by atoms with Crippen molar-refractivity contribution in [1.29, 1.82) is 0 Å². The average molecular weight is 398 g/mol. The Morgan fingerprint density at radius 2 is 1.33 bits per heavy atom. The van der Waals surface area contributed by atoms with Crippen molar-refractivity contribution in [3.63, 3.8) is 0 Å². The fourth-order valence-corrected chi connectivity index (χ4v) is 4.16. The predicted octanol–water partition coefficient (Wildman–Crippen LogP) is 3.89. The van der Waals surface area contributed by atoms with E-state index in [1.165, 1.54) is 76.2 Å². The molecule has 0 bridgehead atoms. The number of rotatable bonds is 2. The Morgan fingerprint density at radius 3 is 2.03 bits per heavy atom. The molecule has 0 unspecified atom stereocenters. The summed E-state index contributed by atoms with van der Waals surface area (Å²) in [6.45, 7) is 0. The van der Waals surface area contributed by atoms with Crippen LogP contribution in [0.3, 0.4) is 0 Å². The van der Waals surface area contributed by atoms with E-state index in [1.54, 1.807) is 0 Å². The number of hydrogen-bond acceptors (Lipinski definition) is 2. The van der Waals surface area contributed by atoms with Gasteiger partial charge in [0.2, 0.25) is 0 Å². The van der Waals surface area contributed by atoms with Gasteiger partial charge in [0.25, 0.3) is 0 Å². The molecule has 0 saturated carbocycles. The van der Waals surface area contributed by atoms with Crippen molar-refractivity contribution >= 4 is 24.1 Å². The van der Waals surface area contributed by atoms with Gasteiger partial charge >= 0.3 is 11.9 Å². The summed E-state index contributed by atoms with van der Waals surface area (Å²) >= 11 is 0. The third-order valence-corrected chi connectivity index (χ3v) is 5.60. The maximum absolute atomic E-state index is 10.5. The van der Waals surface area contributed by atoms with Crippen molar-refractivity contribution in [2.75, 3.05) is 0 Å². The number of aromatic carboxylic acids is 2. The summed E-state index contributed by atoms with van der Waals surface area (Å²) in [6.07, 6.45) is 9.71. The predicted molar refractivity (Wildman–Crippen MR) is 117 cm³/mol. The molecule has 30 heavy (non-hydrogen) atoms. The van der Waals surface area contributed by atoms with E-state index in [9.17, 15) is 9.59 Å². The molecule has 0 atom stereocenters. The van der Waals surface area contributed by atoms with E-state index in [-0.39, 0.29) is 11.1 Å². The lowest BCUT2D eigenvalue weighted by atomic mass is 9.87. The summed E-state index contributed by atoms with van der Waals surface area (Å²) in [5.74, 6) is -2.46. The van der Waals surface area contributed by atoms with Gasteiger partial charge in [0.1, 0.15) is 0 Å². The second-order valence-electron chi connectivity index (χ2n) is 7.42. The molecule has 0 spiro atoms. The van der Waals surface area contributed by atoms with Crippen molar-refractivity contribution in [3.05, 3.63) is 93.4 Å². The summed E-state index contributed by atoms with van der Waals surface area (Å²) < 4.78 is 0. The van der Waals surface area contributed by atoms with Gasteiger partial charge in [-0.25, -0.2) is 9.59 Å². The highest BCUT2D eigenvalue weighted by molar-refractivity contribution is 6.01. The maximum atomic E-state index is 10.5. The second kappa shape index (κ2) is 8.37. The first-order valence-electron chi connectivity index (χ1n) is 10.0. The number of carboxylic acid groups (broad SMARTS) is 2. The van der Waals surface area contributed by atoms with Gasteiger partial charge in [-0.2, -0.15) is 0 Å². The zero-order valence-corrected chi connectivity index (χ0v) is 16.5. The van der Waals surface area contributed by atoms with E-state index in [0.29, 0.717) is 0 Å². The van der Waals surface area contributed by atoms with Crippen molar-refractivity contribution < 1.29 is 19.8 Å². The van der Waals surface area contributed by atoms with Crippen LogP contribution in [0.1, 0.15) is 44.7 Å². The third kappa shape index (κ3) is 3.77. The SMILES string of the molecule is C1=c2c(ccc3c2=CCc2ccccc2-3)CCC1.O=C(O)c1ccccc1C(=O)O. The zero-order chi connectivity index (χ0) is 21.1. The molecule has 0 saturated heterocycles. The van der Waals surface area contributed by atoms with Crippen LogP contribution in [0.25, 0.3) is 23.3 Å². The molecule has 0 fully saturated rings. The molecule has 4 heteroatoms. The second-order valence-corrected chi connectivity index (χ2v) is 7.42. The molecule has 2 aliphatic rings. The molecule has 150 valence electrons. The van der Waals surface area contributed by atoms with Crippen LogP contribution in [0.15, 0.2) is 60.7 Å². The van der Waals surface area contributed by atoms with Gasteiger partial charge in [0.05, 0.1) is 11.1 Å². The van der Waals surface area contributed by atoms with E-state index in [4.69, 9.17) is 10.2 Å². The molecule has 0 aliphatic heterocycles. The van der Waals surface area contributed by atoms with Crippen molar-refractivity contribution in [1.82, 2.24) is 0 Å². The molecule has 0 aromatic heterocycles. The number of carbonyl (C=O) groups is 2. The molecule has 0 radical (unpaired) electrons. The standard InChI is InChI=1S/C18H16.C8H6O4/c1-3-7-15-13(5-1)9-11-18-16-8-4-2-6-14(16)10-12-17(15)18;9-7(10)5-3-1-2-4-6(5)8(11)12/h1,3,5,7-8,10-12H,2,4,6,9H2;1-4H,(H,9,10)(H,11,12). The van der Waals surface area contributed by atoms with Crippen LogP contribution >= 0.6 is 0 Å². The average Bonchev–Trinajstić information content (AvgIpc) is 2.79. The summed E-state index contributed by atoms with van der Waals surface area (Å²) in [6, 6.07) is 18.9. The van der Waals surface area contributed by atoms with Crippen LogP contribution in [0.5, 0.6) is 0 Å². The van der Waals surface area contributed by atoms with E-state index < -0.39 is 11.9 Å². The number of fused-ring (bicyclic) bond motifs is 5.